The van der Waals surface area contributed by atoms with Crippen molar-refractivity contribution in [3.05, 3.63) is 65.7 Å². The van der Waals surface area contributed by atoms with Gasteiger partial charge in [0.15, 0.2) is 0 Å². The monoisotopic (exact) mass is 412 g/mol. The first kappa shape index (κ1) is 23.1. The third kappa shape index (κ3) is 8.87. The second-order valence-electron chi connectivity index (χ2n) is 6.69. The molecule has 0 saturated carbocycles. The molecule has 7 nitrogen and oxygen atoms in total. The van der Waals surface area contributed by atoms with Crippen molar-refractivity contribution in [3.8, 4) is 0 Å². The lowest BCUT2D eigenvalue weighted by Gasteiger charge is -2.09. The lowest BCUT2D eigenvalue weighted by molar-refractivity contribution is -0.144. The molecule has 0 spiro atoms. The molecule has 2 N–H and O–H groups in total. The first-order valence-electron chi connectivity index (χ1n) is 9.95. The minimum Gasteiger partial charge on any atom is -0.465 e. The number of carbonyl (C=O) groups excluding carboxylic acids is 3. The molecule has 0 unspecified atom stereocenters. The SMILES string of the molecule is COCCCNC(=O)c1cccc(NC(=O)CCC(=O)OCCc2ccccc2)c1. The number of amides is 2. The van der Waals surface area contributed by atoms with Crippen molar-refractivity contribution >= 4 is 23.5 Å². The Morgan fingerprint density at radius 1 is 0.933 bits per heavy atom. The average molecular weight is 412 g/mol. The Bertz CT molecular complexity index is 823. The van der Waals surface area contributed by atoms with Gasteiger partial charge >= 0.3 is 5.97 Å². The van der Waals surface area contributed by atoms with Crippen LogP contribution in [0.15, 0.2) is 54.6 Å². The van der Waals surface area contributed by atoms with Gasteiger partial charge in [0.1, 0.15) is 0 Å². The van der Waals surface area contributed by atoms with Gasteiger partial charge in [-0.2, -0.15) is 0 Å². The number of ether oxygens (including phenoxy) is 2. The molecular weight excluding hydrogens is 384 g/mol. The third-order valence-electron chi connectivity index (χ3n) is 4.27. The predicted molar refractivity (Wildman–Crippen MR) is 114 cm³/mol. The summed E-state index contributed by atoms with van der Waals surface area (Å²) in [4.78, 5) is 36.1. The van der Waals surface area contributed by atoms with Crippen LogP contribution in [-0.2, 0) is 25.5 Å². The van der Waals surface area contributed by atoms with E-state index in [4.69, 9.17) is 9.47 Å². The molecule has 0 aliphatic heterocycles. The highest BCUT2D eigenvalue weighted by molar-refractivity contribution is 5.97. The van der Waals surface area contributed by atoms with Gasteiger partial charge in [-0.15, -0.1) is 0 Å². The zero-order valence-electron chi connectivity index (χ0n) is 17.2. The van der Waals surface area contributed by atoms with E-state index in [0.717, 1.165) is 12.0 Å². The number of anilines is 1. The lowest BCUT2D eigenvalue weighted by Crippen LogP contribution is -2.25. The highest BCUT2D eigenvalue weighted by Gasteiger charge is 2.10. The van der Waals surface area contributed by atoms with Crippen LogP contribution in [0.3, 0.4) is 0 Å². The van der Waals surface area contributed by atoms with Crippen LogP contribution in [0.2, 0.25) is 0 Å². The standard InChI is InChI=1S/C23H28N2O5/c1-29-15-6-14-24-23(28)19-9-5-10-20(17-19)25-21(26)11-12-22(27)30-16-13-18-7-3-2-4-8-18/h2-5,7-10,17H,6,11-16H2,1H3,(H,24,28)(H,25,26). The number of hydrogen-bond donors (Lipinski definition) is 2. The van der Waals surface area contributed by atoms with Crippen LogP contribution in [0, 0.1) is 0 Å². The van der Waals surface area contributed by atoms with Gasteiger partial charge in [-0.25, -0.2) is 0 Å². The maximum Gasteiger partial charge on any atom is 0.306 e. The molecule has 2 aromatic carbocycles. The number of carbonyl (C=O) groups is 3. The summed E-state index contributed by atoms with van der Waals surface area (Å²) in [5.74, 6) is -0.942. The van der Waals surface area contributed by atoms with Crippen molar-refractivity contribution < 1.29 is 23.9 Å². The summed E-state index contributed by atoms with van der Waals surface area (Å²) in [6.07, 6.45) is 1.37. The Labute approximate surface area is 176 Å². The van der Waals surface area contributed by atoms with Crippen molar-refractivity contribution in [3.63, 3.8) is 0 Å². The molecule has 30 heavy (non-hydrogen) atoms. The largest absolute Gasteiger partial charge is 0.465 e. The Kier molecular flexibility index (Phi) is 10.1. The Morgan fingerprint density at radius 3 is 2.50 bits per heavy atom. The van der Waals surface area contributed by atoms with Gasteiger partial charge in [0.05, 0.1) is 13.0 Å². The van der Waals surface area contributed by atoms with Crippen molar-refractivity contribution in [2.24, 2.45) is 0 Å². The number of hydrogen-bond acceptors (Lipinski definition) is 5. The maximum absolute atomic E-state index is 12.1. The van der Waals surface area contributed by atoms with E-state index in [0.29, 0.717) is 30.8 Å². The highest BCUT2D eigenvalue weighted by atomic mass is 16.5. The first-order chi connectivity index (χ1) is 14.6. The fraction of sp³-hybridized carbons (Fsp3) is 0.348. The van der Waals surface area contributed by atoms with Crippen molar-refractivity contribution in [1.29, 1.82) is 0 Å². The quantitative estimate of drug-likeness (QED) is 0.413. The Morgan fingerprint density at radius 2 is 1.73 bits per heavy atom. The van der Waals surface area contributed by atoms with Crippen molar-refractivity contribution in [2.75, 3.05) is 32.2 Å². The van der Waals surface area contributed by atoms with Gasteiger partial charge in [-0.05, 0) is 30.2 Å². The molecule has 160 valence electrons. The Balaban J connectivity index is 1.70. The summed E-state index contributed by atoms with van der Waals surface area (Å²) in [6.45, 7) is 1.37. The molecule has 0 aromatic heterocycles. The molecule has 0 aliphatic carbocycles. The fourth-order valence-electron chi connectivity index (χ4n) is 2.70. The van der Waals surface area contributed by atoms with E-state index in [1.165, 1.54) is 0 Å². The Hall–Kier alpha value is -3.19. The summed E-state index contributed by atoms with van der Waals surface area (Å²) in [5.41, 5.74) is 2.04. The fourth-order valence-corrected chi connectivity index (χ4v) is 2.70. The van der Waals surface area contributed by atoms with E-state index >= 15 is 0 Å². The molecular formula is C23H28N2O5. The molecule has 0 heterocycles. The third-order valence-corrected chi connectivity index (χ3v) is 4.27. The number of esters is 1. The summed E-state index contributed by atoms with van der Waals surface area (Å²) >= 11 is 0. The van der Waals surface area contributed by atoms with Crippen LogP contribution in [0.1, 0.15) is 35.2 Å². The molecule has 0 atom stereocenters. The summed E-state index contributed by atoms with van der Waals surface area (Å²) in [7, 11) is 1.61. The van der Waals surface area contributed by atoms with Crippen LogP contribution in [-0.4, -0.2) is 44.7 Å². The normalized spacial score (nSPS) is 10.3. The molecule has 2 aromatic rings. The van der Waals surface area contributed by atoms with Crippen molar-refractivity contribution in [1.82, 2.24) is 5.32 Å². The van der Waals surface area contributed by atoms with E-state index in [1.54, 1.807) is 31.4 Å². The summed E-state index contributed by atoms with van der Waals surface area (Å²) in [6, 6.07) is 16.4. The molecule has 7 heteroatoms. The zero-order valence-corrected chi connectivity index (χ0v) is 17.2. The minimum atomic E-state index is -0.412. The molecule has 0 fully saturated rings. The van der Waals surface area contributed by atoms with Crippen LogP contribution in [0.4, 0.5) is 5.69 Å². The topological polar surface area (TPSA) is 93.7 Å². The molecule has 0 radical (unpaired) electrons. The predicted octanol–water partition coefficient (Wildman–Crippen LogP) is 2.96. The van der Waals surface area contributed by atoms with Gasteiger partial charge < -0.3 is 20.1 Å². The lowest BCUT2D eigenvalue weighted by atomic mass is 10.1. The number of methoxy groups -OCH3 is 1. The van der Waals surface area contributed by atoms with Crippen LogP contribution in [0.25, 0.3) is 0 Å². The molecule has 2 amide bonds. The minimum absolute atomic E-state index is 0.000297. The molecule has 0 bridgehead atoms. The molecule has 2 rings (SSSR count). The number of nitrogens with one attached hydrogen (secondary N) is 2. The smallest absolute Gasteiger partial charge is 0.306 e. The average Bonchev–Trinajstić information content (AvgIpc) is 2.76. The zero-order chi connectivity index (χ0) is 21.6. The summed E-state index contributed by atoms with van der Waals surface area (Å²) < 4.78 is 10.1. The van der Waals surface area contributed by atoms with Gasteiger partial charge in [-0.3, -0.25) is 14.4 Å². The van der Waals surface area contributed by atoms with Crippen LogP contribution in [0.5, 0.6) is 0 Å². The molecule has 0 aliphatic rings. The van der Waals surface area contributed by atoms with Gasteiger partial charge in [0.2, 0.25) is 5.91 Å². The summed E-state index contributed by atoms with van der Waals surface area (Å²) in [5, 5.41) is 5.50. The second kappa shape index (κ2) is 13.1. The second-order valence-corrected chi connectivity index (χ2v) is 6.69. The van der Waals surface area contributed by atoms with Crippen LogP contribution < -0.4 is 10.6 Å². The highest BCUT2D eigenvalue weighted by Crippen LogP contribution is 2.11. The van der Waals surface area contributed by atoms with Gasteiger partial charge in [0.25, 0.3) is 5.91 Å². The van der Waals surface area contributed by atoms with E-state index in [2.05, 4.69) is 10.6 Å². The molecule has 0 saturated heterocycles. The number of benzene rings is 2. The van der Waals surface area contributed by atoms with Gasteiger partial charge in [0, 0.05) is 44.4 Å². The van der Waals surface area contributed by atoms with Crippen molar-refractivity contribution in [2.45, 2.75) is 25.7 Å². The van der Waals surface area contributed by atoms with E-state index in [1.807, 2.05) is 30.3 Å². The van der Waals surface area contributed by atoms with E-state index in [9.17, 15) is 14.4 Å². The number of rotatable bonds is 12. The van der Waals surface area contributed by atoms with Gasteiger partial charge in [-0.1, -0.05) is 36.4 Å². The maximum atomic E-state index is 12.1. The van der Waals surface area contributed by atoms with E-state index in [-0.39, 0.29) is 31.3 Å². The van der Waals surface area contributed by atoms with E-state index < -0.39 is 5.97 Å². The first-order valence-corrected chi connectivity index (χ1v) is 9.95. The van der Waals surface area contributed by atoms with Crippen LogP contribution >= 0.6 is 0 Å².